The maximum absolute atomic E-state index is 13.9. The minimum Gasteiger partial charge on any atom is -0.352 e. The van der Waals surface area contributed by atoms with E-state index in [1.807, 2.05) is 37.3 Å². The minimum absolute atomic E-state index is 0.0669. The normalized spacial score (nSPS) is 15.2. The van der Waals surface area contributed by atoms with Crippen LogP contribution < -0.4 is 5.32 Å². The quantitative estimate of drug-likeness (QED) is 0.527. The molecule has 0 spiro atoms. The summed E-state index contributed by atoms with van der Waals surface area (Å²) in [6, 6.07) is 16.1. The number of hydrogen-bond acceptors (Lipinski definition) is 3. The van der Waals surface area contributed by atoms with Crippen LogP contribution in [0.5, 0.6) is 0 Å². The van der Waals surface area contributed by atoms with E-state index >= 15 is 0 Å². The molecule has 0 aliphatic heterocycles. The van der Waals surface area contributed by atoms with Gasteiger partial charge in [0.1, 0.15) is 11.9 Å². The molecule has 1 saturated carbocycles. The average molecular weight is 457 g/mol. The zero-order chi connectivity index (χ0) is 22.8. The molecule has 172 valence electrons. The fourth-order valence-electron chi connectivity index (χ4n) is 4.19. The van der Waals surface area contributed by atoms with E-state index in [9.17, 15) is 14.0 Å². The number of benzene rings is 2. The van der Waals surface area contributed by atoms with Crippen molar-refractivity contribution >= 4 is 23.6 Å². The number of rotatable bonds is 10. The first-order valence-corrected chi connectivity index (χ1v) is 12.7. The number of nitrogens with zero attached hydrogens (tertiary/aromatic N) is 1. The summed E-state index contributed by atoms with van der Waals surface area (Å²) in [7, 11) is 0. The largest absolute Gasteiger partial charge is 0.352 e. The molecule has 1 unspecified atom stereocenters. The third kappa shape index (κ3) is 7.09. The molecule has 0 heterocycles. The van der Waals surface area contributed by atoms with Gasteiger partial charge in [0.25, 0.3) is 0 Å². The molecule has 1 aliphatic rings. The average Bonchev–Trinajstić information content (AvgIpc) is 2.81. The molecule has 1 atom stereocenters. The summed E-state index contributed by atoms with van der Waals surface area (Å²) in [5.74, 6) is 0.201. The van der Waals surface area contributed by atoms with Gasteiger partial charge in [-0.25, -0.2) is 4.39 Å². The smallest absolute Gasteiger partial charge is 0.243 e. The number of carbonyl (C=O) groups is 2. The Kier molecular flexibility index (Phi) is 9.60. The van der Waals surface area contributed by atoms with E-state index in [1.54, 1.807) is 23.1 Å². The molecule has 32 heavy (non-hydrogen) atoms. The fourth-order valence-corrected chi connectivity index (χ4v) is 5.09. The van der Waals surface area contributed by atoms with E-state index < -0.39 is 6.04 Å². The Morgan fingerprint density at radius 3 is 2.44 bits per heavy atom. The lowest BCUT2D eigenvalue weighted by Gasteiger charge is -2.32. The van der Waals surface area contributed by atoms with Crippen molar-refractivity contribution in [3.05, 3.63) is 71.5 Å². The second-order valence-electron chi connectivity index (χ2n) is 8.36. The van der Waals surface area contributed by atoms with Crippen LogP contribution in [0, 0.1) is 5.82 Å². The molecule has 6 heteroatoms. The lowest BCUT2D eigenvalue weighted by atomic mass is 9.95. The summed E-state index contributed by atoms with van der Waals surface area (Å²) in [6.45, 7) is 2.33. The van der Waals surface area contributed by atoms with Crippen LogP contribution in [0.4, 0.5) is 4.39 Å². The Balaban J connectivity index is 1.68. The van der Waals surface area contributed by atoms with Crippen LogP contribution in [0.3, 0.4) is 0 Å². The van der Waals surface area contributed by atoms with E-state index in [1.165, 1.54) is 24.2 Å². The van der Waals surface area contributed by atoms with Crippen LogP contribution in [-0.2, 0) is 21.9 Å². The van der Waals surface area contributed by atoms with E-state index in [0.29, 0.717) is 24.3 Å². The molecule has 1 aliphatic carbocycles. The van der Waals surface area contributed by atoms with Gasteiger partial charge in [0, 0.05) is 18.3 Å². The van der Waals surface area contributed by atoms with Crippen LogP contribution >= 0.6 is 11.8 Å². The van der Waals surface area contributed by atoms with Crippen molar-refractivity contribution in [1.82, 2.24) is 10.2 Å². The maximum Gasteiger partial charge on any atom is 0.243 e. The molecule has 4 nitrogen and oxygen atoms in total. The molecular formula is C26H33FN2O2S. The van der Waals surface area contributed by atoms with Gasteiger partial charge < -0.3 is 10.2 Å². The van der Waals surface area contributed by atoms with Gasteiger partial charge >= 0.3 is 0 Å². The highest BCUT2D eigenvalue weighted by atomic mass is 32.2. The predicted octanol–water partition coefficient (Wildman–Crippen LogP) is 5.32. The van der Waals surface area contributed by atoms with Crippen LogP contribution in [-0.4, -0.2) is 34.6 Å². The Labute approximate surface area is 195 Å². The molecule has 1 N–H and O–H groups in total. The number of thioether (sulfide) groups is 1. The monoisotopic (exact) mass is 456 g/mol. The van der Waals surface area contributed by atoms with E-state index in [-0.39, 0.29) is 29.4 Å². The molecule has 2 amide bonds. The van der Waals surface area contributed by atoms with Gasteiger partial charge in [-0.05, 0) is 36.5 Å². The van der Waals surface area contributed by atoms with Gasteiger partial charge in [-0.1, -0.05) is 74.7 Å². The summed E-state index contributed by atoms with van der Waals surface area (Å²) in [5.41, 5.74) is 1.57. The molecular weight excluding hydrogens is 423 g/mol. The molecule has 0 radical (unpaired) electrons. The first-order valence-electron chi connectivity index (χ1n) is 11.5. The lowest BCUT2D eigenvalue weighted by molar-refractivity contribution is -0.139. The summed E-state index contributed by atoms with van der Waals surface area (Å²) in [6.07, 6.45) is 6.07. The first-order chi connectivity index (χ1) is 15.6. The van der Waals surface area contributed by atoms with Gasteiger partial charge in [-0.2, -0.15) is 0 Å². The fraction of sp³-hybridized carbons (Fsp3) is 0.462. The van der Waals surface area contributed by atoms with Crippen LogP contribution in [0.25, 0.3) is 0 Å². The van der Waals surface area contributed by atoms with Gasteiger partial charge in [0.2, 0.25) is 11.8 Å². The highest BCUT2D eigenvalue weighted by molar-refractivity contribution is 7.99. The van der Waals surface area contributed by atoms with Crippen molar-refractivity contribution in [2.75, 3.05) is 5.75 Å². The van der Waals surface area contributed by atoms with Gasteiger partial charge in [-0.15, -0.1) is 11.8 Å². The molecule has 3 rings (SSSR count). The molecule has 1 fully saturated rings. The first kappa shape index (κ1) is 24.3. The third-order valence-electron chi connectivity index (χ3n) is 5.97. The van der Waals surface area contributed by atoms with Gasteiger partial charge in [0.15, 0.2) is 0 Å². The van der Waals surface area contributed by atoms with Crippen LogP contribution in [0.1, 0.15) is 56.6 Å². The summed E-state index contributed by atoms with van der Waals surface area (Å²) in [5, 5.41) is 3.19. The zero-order valence-electron chi connectivity index (χ0n) is 18.8. The summed E-state index contributed by atoms with van der Waals surface area (Å²) < 4.78 is 13.9. The highest BCUT2D eigenvalue weighted by Gasteiger charge is 2.30. The third-order valence-corrected chi connectivity index (χ3v) is 6.94. The number of hydrogen-bond donors (Lipinski definition) is 1. The number of nitrogens with one attached hydrogen (secondary N) is 1. The number of carbonyl (C=O) groups excluding carboxylic acids is 2. The van der Waals surface area contributed by atoms with Crippen LogP contribution in [0.15, 0.2) is 54.6 Å². The Morgan fingerprint density at radius 1 is 1.06 bits per heavy atom. The van der Waals surface area contributed by atoms with Gasteiger partial charge in [-0.3, -0.25) is 9.59 Å². The van der Waals surface area contributed by atoms with Crippen molar-refractivity contribution < 1.29 is 14.0 Å². The predicted molar refractivity (Wildman–Crippen MR) is 129 cm³/mol. The Morgan fingerprint density at radius 2 is 1.75 bits per heavy atom. The van der Waals surface area contributed by atoms with E-state index in [4.69, 9.17) is 0 Å². The second-order valence-corrected chi connectivity index (χ2v) is 9.34. The standard InChI is InChI=1S/C26H33FN2O2S/c1-2-24(26(31)28-22-14-7-4-8-15-22)29(17-20-11-5-3-6-12-20)25(30)19-32-18-21-13-9-10-16-23(21)27/h3,5-6,9-13,16,22,24H,2,4,7-8,14-15,17-19H2,1H3,(H,28,31). The van der Waals surface area contributed by atoms with E-state index in [0.717, 1.165) is 31.2 Å². The molecule has 0 bridgehead atoms. The molecule has 2 aromatic carbocycles. The topological polar surface area (TPSA) is 49.4 Å². The second kappa shape index (κ2) is 12.6. The maximum atomic E-state index is 13.9. The SMILES string of the molecule is CCC(C(=O)NC1CCCCC1)N(Cc1ccccc1)C(=O)CSCc1ccccc1F. The van der Waals surface area contributed by atoms with Crippen molar-refractivity contribution in [1.29, 1.82) is 0 Å². The zero-order valence-corrected chi connectivity index (χ0v) is 19.6. The van der Waals surface area contributed by atoms with Gasteiger partial charge in [0.05, 0.1) is 5.75 Å². The Bertz CT molecular complexity index is 871. The van der Waals surface area contributed by atoms with Crippen molar-refractivity contribution in [3.63, 3.8) is 0 Å². The van der Waals surface area contributed by atoms with E-state index in [2.05, 4.69) is 5.32 Å². The molecule has 0 saturated heterocycles. The van der Waals surface area contributed by atoms with Crippen molar-refractivity contribution in [2.24, 2.45) is 0 Å². The molecule has 0 aromatic heterocycles. The Hall–Kier alpha value is -2.34. The summed E-state index contributed by atoms with van der Waals surface area (Å²) >= 11 is 1.38. The minimum atomic E-state index is -0.515. The van der Waals surface area contributed by atoms with Crippen LogP contribution in [0.2, 0.25) is 0 Å². The number of amides is 2. The summed E-state index contributed by atoms with van der Waals surface area (Å²) in [4.78, 5) is 28.1. The number of halogens is 1. The highest BCUT2D eigenvalue weighted by Crippen LogP contribution is 2.21. The lowest BCUT2D eigenvalue weighted by Crippen LogP contribution is -2.52. The molecule has 2 aromatic rings. The van der Waals surface area contributed by atoms with Crippen molar-refractivity contribution in [2.45, 2.75) is 69.8 Å². The van der Waals surface area contributed by atoms with Crippen molar-refractivity contribution in [3.8, 4) is 0 Å².